The minimum atomic E-state index is -1.63. The van der Waals surface area contributed by atoms with E-state index in [1.807, 2.05) is 12.1 Å². The molecule has 0 radical (unpaired) electrons. The summed E-state index contributed by atoms with van der Waals surface area (Å²) in [6.07, 6.45) is 7.44. The number of unbranched alkanes of at least 4 members (excludes halogenated alkanes) is 2. The van der Waals surface area contributed by atoms with Gasteiger partial charge in [0.25, 0.3) is 5.91 Å². The molecular weight excluding hydrogens is 400 g/mol. The number of carbonyl (C=O) groups is 2. The molecule has 1 fully saturated rings. The number of amides is 2. The van der Waals surface area contributed by atoms with Gasteiger partial charge < -0.3 is 10.2 Å². The molecule has 0 bridgehead atoms. The number of nitrogens with zero attached hydrogens (tertiary/aromatic N) is 2. The zero-order valence-corrected chi connectivity index (χ0v) is 17.5. The van der Waals surface area contributed by atoms with E-state index >= 15 is 0 Å². The molecule has 1 saturated carbocycles. The minimum absolute atomic E-state index is 0.126. The summed E-state index contributed by atoms with van der Waals surface area (Å²) in [5, 5.41) is 2.66. The Balaban J connectivity index is 1.22. The highest BCUT2D eigenvalue weighted by atomic mass is 19.1. The normalized spacial score (nSPS) is 16.5. The molecule has 1 aromatic carbocycles. The number of halogens is 2. The predicted molar refractivity (Wildman–Crippen MR) is 115 cm³/mol. The van der Waals surface area contributed by atoms with E-state index in [2.05, 4.69) is 16.4 Å². The largest absolute Gasteiger partial charge is 0.311 e. The van der Waals surface area contributed by atoms with Crippen molar-refractivity contribution < 1.29 is 18.4 Å². The second-order valence-electron chi connectivity index (χ2n) is 8.46. The van der Waals surface area contributed by atoms with Crippen LogP contribution in [0.4, 0.5) is 20.3 Å². The summed E-state index contributed by atoms with van der Waals surface area (Å²) in [4.78, 5) is 29.9. The second-order valence-corrected chi connectivity index (χ2v) is 8.46. The van der Waals surface area contributed by atoms with Crippen molar-refractivity contribution in [1.82, 2.24) is 4.98 Å². The molecule has 1 aliphatic carbocycles. The lowest BCUT2D eigenvalue weighted by molar-refractivity contribution is -0.124. The van der Waals surface area contributed by atoms with Gasteiger partial charge in [0.2, 0.25) is 5.91 Å². The molecule has 0 saturated heterocycles. The number of alkyl halides is 1. The Bertz CT molecular complexity index is 958. The first-order valence-electron chi connectivity index (χ1n) is 11.0. The van der Waals surface area contributed by atoms with Crippen molar-refractivity contribution in [2.45, 2.75) is 63.5 Å². The van der Waals surface area contributed by atoms with E-state index < -0.39 is 11.5 Å². The molecule has 2 aliphatic rings. The molecule has 4 rings (SSSR count). The summed E-state index contributed by atoms with van der Waals surface area (Å²) < 4.78 is 27.1. The van der Waals surface area contributed by atoms with Gasteiger partial charge in [-0.05, 0) is 74.3 Å². The van der Waals surface area contributed by atoms with Crippen molar-refractivity contribution in [3.63, 3.8) is 0 Å². The molecule has 0 spiro atoms. The van der Waals surface area contributed by atoms with Gasteiger partial charge in [-0.15, -0.1) is 0 Å². The number of hydrogen-bond acceptors (Lipinski definition) is 3. The van der Waals surface area contributed by atoms with Crippen LogP contribution in [0.15, 0.2) is 36.5 Å². The molecule has 31 heavy (non-hydrogen) atoms. The molecule has 5 nitrogen and oxygen atoms in total. The lowest BCUT2D eigenvalue weighted by Gasteiger charge is -2.31. The average Bonchev–Trinajstić information content (AvgIpc) is 3.52. The van der Waals surface area contributed by atoms with Crippen LogP contribution in [0.2, 0.25) is 0 Å². The fourth-order valence-corrected chi connectivity index (χ4v) is 4.03. The van der Waals surface area contributed by atoms with Crippen LogP contribution in [0.5, 0.6) is 0 Å². The number of aryl methyl sites for hydroxylation is 2. The van der Waals surface area contributed by atoms with Gasteiger partial charge in [-0.2, -0.15) is 0 Å². The van der Waals surface area contributed by atoms with E-state index in [-0.39, 0.29) is 11.8 Å². The monoisotopic (exact) mass is 427 g/mol. The minimum Gasteiger partial charge on any atom is -0.311 e. The van der Waals surface area contributed by atoms with Crippen LogP contribution in [0, 0.1) is 5.82 Å². The third-order valence-electron chi connectivity index (χ3n) is 5.94. The number of rotatable bonds is 8. The zero-order valence-electron chi connectivity index (χ0n) is 17.5. The van der Waals surface area contributed by atoms with Crippen molar-refractivity contribution in [3.05, 3.63) is 53.5 Å². The topological polar surface area (TPSA) is 62.3 Å². The molecule has 1 aliphatic heterocycles. The fraction of sp³-hybridized carbons (Fsp3) is 0.458. The van der Waals surface area contributed by atoms with Crippen molar-refractivity contribution >= 4 is 23.3 Å². The van der Waals surface area contributed by atoms with Crippen molar-refractivity contribution in [2.24, 2.45) is 0 Å². The van der Waals surface area contributed by atoms with Crippen molar-refractivity contribution in [3.8, 4) is 0 Å². The quantitative estimate of drug-likeness (QED) is 0.619. The van der Waals surface area contributed by atoms with Gasteiger partial charge in [-0.3, -0.25) is 9.59 Å². The second kappa shape index (κ2) is 9.12. The molecular formula is C24H27F2N3O2. The maximum Gasteiger partial charge on any atom is 0.264 e. The number of fused-ring (bicyclic) bond motifs is 1. The molecule has 1 aromatic heterocycles. The van der Waals surface area contributed by atoms with E-state index in [1.165, 1.54) is 17.7 Å². The number of carbonyl (C=O) groups excluding carboxylic acids is 2. The van der Waals surface area contributed by atoms with Gasteiger partial charge >= 0.3 is 0 Å². The molecule has 2 heterocycles. The van der Waals surface area contributed by atoms with Gasteiger partial charge in [0, 0.05) is 18.7 Å². The molecule has 2 amide bonds. The number of aromatic nitrogens is 1. The summed E-state index contributed by atoms with van der Waals surface area (Å²) >= 11 is 0. The molecule has 0 atom stereocenters. The Labute approximate surface area is 180 Å². The van der Waals surface area contributed by atoms with Crippen LogP contribution in [-0.4, -0.2) is 29.0 Å². The maximum atomic E-state index is 14.2. The van der Waals surface area contributed by atoms with E-state index in [4.69, 9.17) is 0 Å². The number of hydrogen-bond donors (Lipinski definition) is 1. The van der Waals surface area contributed by atoms with E-state index in [0.717, 1.165) is 56.0 Å². The Hall–Kier alpha value is -2.83. The standard InChI is InChI=1S/C24H27F2N3O2/c25-19-9-11-21(27-16-19)28-22(30)7-3-1-2-5-17-8-10-20-18(15-17)6-4-14-29(20)23(31)24(26)12-13-24/h8-11,15-16H,1-7,12-14H2,(H,27,28,30). The summed E-state index contributed by atoms with van der Waals surface area (Å²) in [6, 6.07) is 8.82. The maximum absolute atomic E-state index is 14.2. The summed E-state index contributed by atoms with van der Waals surface area (Å²) in [5.74, 6) is -0.587. The Kier molecular flexibility index (Phi) is 6.30. The zero-order chi connectivity index (χ0) is 21.8. The van der Waals surface area contributed by atoms with Crippen LogP contribution < -0.4 is 10.2 Å². The Morgan fingerprint density at radius 1 is 1.13 bits per heavy atom. The highest BCUT2D eigenvalue weighted by Gasteiger charge is 2.53. The third kappa shape index (κ3) is 5.27. The van der Waals surface area contributed by atoms with Crippen molar-refractivity contribution in [2.75, 3.05) is 16.8 Å². The van der Waals surface area contributed by atoms with Crippen LogP contribution in [0.1, 0.15) is 56.1 Å². The highest BCUT2D eigenvalue weighted by molar-refractivity contribution is 6.02. The average molecular weight is 427 g/mol. The Morgan fingerprint density at radius 2 is 1.97 bits per heavy atom. The van der Waals surface area contributed by atoms with E-state index in [1.54, 1.807) is 4.90 Å². The third-order valence-corrected chi connectivity index (χ3v) is 5.94. The molecule has 164 valence electrons. The van der Waals surface area contributed by atoms with E-state index in [9.17, 15) is 18.4 Å². The first-order chi connectivity index (χ1) is 14.9. The number of nitrogens with one attached hydrogen (secondary N) is 1. The summed E-state index contributed by atoms with van der Waals surface area (Å²) in [5.41, 5.74) is 1.55. The first kappa shape index (κ1) is 21.4. The molecule has 2 aromatic rings. The number of benzene rings is 1. The number of anilines is 2. The first-order valence-corrected chi connectivity index (χ1v) is 11.0. The van der Waals surface area contributed by atoms with Gasteiger partial charge in [-0.25, -0.2) is 13.8 Å². The summed E-state index contributed by atoms with van der Waals surface area (Å²) in [6.45, 7) is 0.590. The predicted octanol–water partition coefficient (Wildman–Crippen LogP) is 4.74. The SMILES string of the molecule is O=C(CCCCCc1ccc2c(c1)CCCN2C(=O)C1(F)CC1)Nc1ccc(F)cn1. The van der Waals surface area contributed by atoms with Gasteiger partial charge in [-0.1, -0.05) is 18.6 Å². The molecule has 0 unspecified atom stereocenters. The van der Waals surface area contributed by atoms with Gasteiger partial charge in [0.15, 0.2) is 5.67 Å². The van der Waals surface area contributed by atoms with Crippen molar-refractivity contribution in [1.29, 1.82) is 0 Å². The lowest BCUT2D eigenvalue weighted by Crippen LogP contribution is -2.41. The van der Waals surface area contributed by atoms with Crippen LogP contribution >= 0.6 is 0 Å². The fourth-order valence-electron chi connectivity index (χ4n) is 4.03. The highest BCUT2D eigenvalue weighted by Crippen LogP contribution is 2.43. The number of pyridine rings is 1. The van der Waals surface area contributed by atoms with Crippen LogP contribution in [0.3, 0.4) is 0 Å². The van der Waals surface area contributed by atoms with Gasteiger partial charge in [0.1, 0.15) is 11.6 Å². The van der Waals surface area contributed by atoms with Crippen LogP contribution in [0.25, 0.3) is 0 Å². The molecule has 1 N–H and O–H groups in total. The smallest absolute Gasteiger partial charge is 0.264 e. The van der Waals surface area contributed by atoms with E-state index in [0.29, 0.717) is 31.6 Å². The Morgan fingerprint density at radius 3 is 2.71 bits per heavy atom. The summed E-state index contributed by atoms with van der Waals surface area (Å²) in [7, 11) is 0. The van der Waals surface area contributed by atoms with Crippen LogP contribution in [-0.2, 0) is 22.4 Å². The molecule has 7 heteroatoms. The lowest BCUT2D eigenvalue weighted by atomic mass is 9.96. The van der Waals surface area contributed by atoms with Gasteiger partial charge in [0.05, 0.1) is 6.20 Å².